The highest BCUT2D eigenvalue weighted by Gasteiger charge is 2.04. The second-order valence-electron chi connectivity index (χ2n) is 4.93. The van der Waals surface area contributed by atoms with Crippen LogP contribution in [0.15, 0.2) is 53.3 Å². The maximum absolute atomic E-state index is 11.7. The normalized spacial score (nSPS) is 10.1. The maximum Gasteiger partial charge on any atom is 0.409 e. The molecule has 1 amide bonds. The molecule has 0 radical (unpaired) electrons. The molecule has 1 aromatic heterocycles. The number of anilines is 1. The van der Waals surface area contributed by atoms with E-state index in [1.54, 1.807) is 35.8 Å². The van der Waals surface area contributed by atoms with E-state index in [9.17, 15) is 9.59 Å². The minimum Gasteiger partial charge on any atom is -0.465 e. The lowest BCUT2D eigenvalue weighted by Crippen LogP contribution is -2.12. The van der Waals surface area contributed by atoms with Gasteiger partial charge in [0.2, 0.25) is 0 Å². The van der Waals surface area contributed by atoms with Gasteiger partial charge in [0.05, 0.1) is 10.1 Å². The van der Waals surface area contributed by atoms with Gasteiger partial charge < -0.3 is 5.11 Å². The Morgan fingerprint density at radius 3 is 2.46 bits per heavy atom. The summed E-state index contributed by atoms with van der Waals surface area (Å²) in [5.74, 6) is 0. The smallest absolute Gasteiger partial charge is 0.409 e. The summed E-state index contributed by atoms with van der Waals surface area (Å²) in [7, 11) is 0. The largest absolute Gasteiger partial charge is 0.465 e. The Morgan fingerprint density at radius 2 is 1.88 bits per heavy atom. The van der Waals surface area contributed by atoms with Crippen LogP contribution >= 0.6 is 23.1 Å². The monoisotopic (exact) mass is 364 g/mol. The summed E-state index contributed by atoms with van der Waals surface area (Å²) in [4.78, 5) is 21.8. The first-order valence-electron chi connectivity index (χ1n) is 7.35. The fourth-order valence-corrected chi connectivity index (χ4v) is 3.24. The van der Waals surface area contributed by atoms with Gasteiger partial charge in [0.15, 0.2) is 0 Å². The maximum atomic E-state index is 11.7. The molecular formula is C17H17ClN2O3S. The summed E-state index contributed by atoms with van der Waals surface area (Å²) in [6, 6.07) is 14.2. The first-order valence-corrected chi connectivity index (χ1v) is 8.50. The number of aryl methyl sites for hydroxylation is 1. The molecule has 7 heteroatoms. The second kappa shape index (κ2) is 8.52. The van der Waals surface area contributed by atoms with Crippen molar-refractivity contribution in [1.29, 1.82) is 0 Å². The lowest BCUT2D eigenvalue weighted by molar-refractivity contribution is 0.210. The number of hydrogen-bond donors (Lipinski definition) is 2. The number of hydrogen-bond acceptors (Lipinski definition) is 3. The topological polar surface area (TPSA) is 71.3 Å². The quantitative estimate of drug-likeness (QED) is 0.694. The number of amides is 1. The zero-order chi connectivity index (χ0) is 17.5. The van der Waals surface area contributed by atoms with E-state index in [0.29, 0.717) is 10.7 Å². The molecule has 126 valence electrons. The zero-order valence-corrected chi connectivity index (χ0v) is 14.6. The molecule has 3 rings (SSSR count). The van der Waals surface area contributed by atoms with E-state index in [1.807, 2.05) is 28.2 Å². The summed E-state index contributed by atoms with van der Waals surface area (Å²) < 4.78 is 2.91. The Labute approximate surface area is 148 Å². The number of benzene rings is 2. The van der Waals surface area contributed by atoms with Crippen molar-refractivity contribution in [2.45, 2.75) is 19.9 Å². The van der Waals surface area contributed by atoms with E-state index in [0.717, 1.165) is 23.1 Å². The molecule has 0 saturated carbocycles. The third-order valence-electron chi connectivity index (χ3n) is 3.07. The van der Waals surface area contributed by atoms with Gasteiger partial charge in [-0.3, -0.25) is 14.1 Å². The first kappa shape index (κ1) is 18.0. The lowest BCUT2D eigenvalue weighted by atomic mass is 10.3. The first-order chi connectivity index (χ1) is 11.5. The van der Waals surface area contributed by atoms with Crippen LogP contribution in [0.3, 0.4) is 0 Å². The number of aromatic nitrogens is 1. The van der Waals surface area contributed by atoms with Crippen LogP contribution in [0.5, 0.6) is 0 Å². The van der Waals surface area contributed by atoms with Gasteiger partial charge in [-0.25, -0.2) is 4.79 Å². The number of halogens is 1. The van der Waals surface area contributed by atoms with Crippen molar-refractivity contribution in [3.05, 3.63) is 63.9 Å². The molecular weight excluding hydrogens is 348 g/mol. The third-order valence-corrected chi connectivity index (χ3v) is 4.45. The van der Waals surface area contributed by atoms with Gasteiger partial charge in [0, 0.05) is 17.3 Å². The van der Waals surface area contributed by atoms with Crippen LogP contribution in [0.25, 0.3) is 10.1 Å². The van der Waals surface area contributed by atoms with Gasteiger partial charge in [0.25, 0.3) is 5.56 Å². The molecule has 0 aliphatic heterocycles. The molecule has 0 unspecified atom stereocenters. The molecule has 0 spiro atoms. The van der Waals surface area contributed by atoms with Crippen LogP contribution in [0.2, 0.25) is 5.02 Å². The van der Waals surface area contributed by atoms with Crippen molar-refractivity contribution in [1.82, 2.24) is 3.96 Å². The molecule has 0 aliphatic rings. The Morgan fingerprint density at radius 1 is 1.21 bits per heavy atom. The van der Waals surface area contributed by atoms with Crippen LogP contribution in [0, 0.1) is 0 Å². The number of nitrogens with one attached hydrogen (secondary N) is 1. The minimum absolute atomic E-state index is 0.155. The molecule has 3 aromatic rings. The highest BCUT2D eigenvalue weighted by Crippen LogP contribution is 2.15. The molecule has 0 aliphatic carbocycles. The highest BCUT2D eigenvalue weighted by molar-refractivity contribution is 7.13. The van der Waals surface area contributed by atoms with E-state index in [-0.39, 0.29) is 5.56 Å². The van der Waals surface area contributed by atoms with Gasteiger partial charge in [-0.15, -0.1) is 0 Å². The molecule has 0 fully saturated rings. The van der Waals surface area contributed by atoms with Crippen molar-refractivity contribution in [3.8, 4) is 0 Å². The van der Waals surface area contributed by atoms with Crippen LogP contribution < -0.4 is 10.9 Å². The molecule has 2 aromatic carbocycles. The number of carboxylic acid groups (broad SMARTS) is 1. The van der Waals surface area contributed by atoms with Crippen LogP contribution in [-0.2, 0) is 6.54 Å². The van der Waals surface area contributed by atoms with Crippen LogP contribution in [0.1, 0.15) is 13.3 Å². The molecule has 0 bridgehead atoms. The number of rotatable bonds is 3. The number of fused-ring (bicyclic) bond motifs is 1. The predicted molar refractivity (Wildman–Crippen MR) is 99.5 cm³/mol. The fourth-order valence-electron chi connectivity index (χ4n) is 2.02. The SMILES string of the molecule is CCCn1sc2ccccc2c1=O.O=C(O)Nc1ccc(Cl)cc1. The average molecular weight is 365 g/mol. The van der Waals surface area contributed by atoms with Gasteiger partial charge in [-0.1, -0.05) is 42.2 Å². The van der Waals surface area contributed by atoms with Crippen molar-refractivity contribution in [2.24, 2.45) is 0 Å². The summed E-state index contributed by atoms with van der Waals surface area (Å²) in [5.41, 5.74) is 0.671. The molecule has 2 N–H and O–H groups in total. The molecule has 0 atom stereocenters. The molecule has 24 heavy (non-hydrogen) atoms. The summed E-state index contributed by atoms with van der Waals surface area (Å²) >= 11 is 7.13. The van der Waals surface area contributed by atoms with Crippen molar-refractivity contribution >= 4 is 45.0 Å². The zero-order valence-electron chi connectivity index (χ0n) is 13.0. The highest BCUT2D eigenvalue weighted by atomic mass is 35.5. The van der Waals surface area contributed by atoms with Crippen molar-refractivity contribution in [2.75, 3.05) is 5.32 Å². The Balaban J connectivity index is 0.000000177. The summed E-state index contributed by atoms with van der Waals surface area (Å²) in [5, 5.41) is 11.9. The van der Waals surface area contributed by atoms with Crippen molar-refractivity contribution in [3.63, 3.8) is 0 Å². The van der Waals surface area contributed by atoms with E-state index in [2.05, 4.69) is 12.2 Å². The Kier molecular flexibility index (Phi) is 6.40. The van der Waals surface area contributed by atoms with E-state index < -0.39 is 6.09 Å². The van der Waals surface area contributed by atoms with E-state index in [1.165, 1.54) is 0 Å². The van der Waals surface area contributed by atoms with Gasteiger partial charge >= 0.3 is 6.09 Å². The number of carbonyl (C=O) groups is 1. The minimum atomic E-state index is -1.08. The number of nitrogens with zero attached hydrogens (tertiary/aromatic N) is 1. The van der Waals surface area contributed by atoms with E-state index in [4.69, 9.17) is 16.7 Å². The third kappa shape index (κ3) is 4.84. The molecule has 1 heterocycles. The summed E-state index contributed by atoms with van der Waals surface area (Å²) in [6.45, 7) is 2.91. The fraction of sp³-hybridized carbons (Fsp3) is 0.176. The molecule has 0 saturated heterocycles. The summed E-state index contributed by atoms with van der Waals surface area (Å²) in [6.07, 6.45) is -0.0699. The van der Waals surface area contributed by atoms with Crippen LogP contribution in [-0.4, -0.2) is 15.2 Å². The Hall–Kier alpha value is -2.31. The molecule has 5 nitrogen and oxygen atoms in total. The second-order valence-corrected chi connectivity index (χ2v) is 6.43. The van der Waals surface area contributed by atoms with Gasteiger partial charge in [0.1, 0.15) is 0 Å². The lowest BCUT2D eigenvalue weighted by Gasteiger charge is -1.98. The Bertz CT molecular complexity index is 871. The van der Waals surface area contributed by atoms with Crippen molar-refractivity contribution < 1.29 is 9.90 Å². The van der Waals surface area contributed by atoms with Crippen LogP contribution in [0.4, 0.5) is 10.5 Å². The standard InChI is InChI=1S/C10H11NOS.C7H6ClNO2/c1-2-7-11-10(12)8-5-3-4-6-9(8)13-11;8-5-1-3-6(4-2-5)9-7(10)11/h3-6H,2,7H2,1H3;1-4,9H,(H,10,11). The average Bonchev–Trinajstić information content (AvgIpc) is 2.87. The van der Waals surface area contributed by atoms with Gasteiger partial charge in [-0.2, -0.15) is 0 Å². The van der Waals surface area contributed by atoms with E-state index >= 15 is 0 Å². The predicted octanol–water partition coefficient (Wildman–Crippen LogP) is 4.90. The van der Waals surface area contributed by atoms with Gasteiger partial charge in [-0.05, 0) is 42.8 Å².